The van der Waals surface area contributed by atoms with Gasteiger partial charge in [-0.2, -0.15) is 0 Å². The van der Waals surface area contributed by atoms with Crippen molar-refractivity contribution in [3.05, 3.63) is 77.8 Å². The fraction of sp³-hybridized carbons (Fsp3) is 0.174. The van der Waals surface area contributed by atoms with E-state index in [2.05, 4.69) is 5.32 Å². The van der Waals surface area contributed by atoms with Gasteiger partial charge >= 0.3 is 0 Å². The number of amides is 1. The van der Waals surface area contributed by atoms with E-state index in [9.17, 15) is 13.2 Å². The number of carbonyl (C=O) groups excluding carboxylic acids is 1. The predicted octanol–water partition coefficient (Wildman–Crippen LogP) is 4.93. The second kappa shape index (κ2) is 9.93. The van der Waals surface area contributed by atoms with Crippen LogP contribution in [0.3, 0.4) is 0 Å². The number of methoxy groups -OCH3 is 1. The van der Waals surface area contributed by atoms with Crippen molar-refractivity contribution in [2.45, 2.75) is 13.0 Å². The number of anilines is 2. The number of carbonyl (C=O) groups is 1. The van der Waals surface area contributed by atoms with E-state index in [0.717, 1.165) is 10.6 Å². The SMILES string of the molecule is COc1ccc(NC(=O)[C@H](C)N(c2ccc(Oc3ccccc3)cc2)S(C)(=O)=O)cc1Cl. The molecule has 0 aliphatic carbocycles. The van der Waals surface area contributed by atoms with Gasteiger partial charge < -0.3 is 14.8 Å². The monoisotopic (exact) mass is 474 g/mol. The topological polar surface area (TPSA) is 84.9 Å². The van der Waals surface area contributed by atoms with Gasteiger partial charge in [0.1, 0.15) is 23.3 Å². The minimum atomic E-state index is -3.76. The molecular formula is C23H23ClN2O5S. The second-order valence-electron chi connectivity index (χ2n) is 6.98. The van der Waals surface area contributed by atoms with E-state index in [1.807, 2.05) is 30.3 Å². The molecule has 1 N–H and O–H groups in total. The Bertz CT molecular complexity index is 1180. The van der Waals surface area contributed by atoms with Crippen molar-refractivity contribution in [1.29, 1.82) is 0 Å². The van der Waals surface area contributed by atoms with Crippen LogP contribution in [-0.2, 0) is 14.8 Å². The number of sulfonamides is 1. The molecule has 0 saturated heterocycles. The normalized spacial score (nSPS) is 12.0. The van der Waals surface area contributed by atoms with Crippen LogP contribution in [0.1, 0.15) is 6.92 Å². The summed E-state index contributed by atoms with van der Waals surface area (Å²) in [5.41, 5.74) is 0.760. The number of rotatable bonds is 8. The highest BCUT2D eigenvalue weighted by Gasteiger charge is 2.29. The minimum absolute atomic E-state index is 0.326. The minimum Gasteiger partial charge on any atom is -0.495 e. The van der Waals surface area contributed by atoms with Gasteiger partial charge in [0.05, 0.1) is 24.1 Å². The second-order valence-corrected chi connectivity index (χ2v) is 9.25. The third kappa shape index (κ3) is 5.72. The summed E-state index contributed by atoms with van der Waals surface area (Å²) in [6.45, 7) is 1.51. The first kappa shape index (κ1) is 23.4. The largest absolute Gasteiger partial charge is 0.495 e. The van der Waals surface area contributed by atoms with Crippen molar-refractivity contribution in [1.82, 2.24) is 0 Å². The van der Waals surface area contributed by atoms with Crippen LogP contribution >= 0.6 is 11.6 Å². The summed E-state index contributed by atoms with van der Waals surface area (Å²) < 4.78 is 36.9. The van der Waals surface area contributed by atoms with E-state index in [1.165, 1.54) is 20.1 Å². The van der Waals surface area contributed by atoms with Crippen LogP contribution < -0.4 is 19.1 Å². The van der Waals surface area contributed by atoms with Crippen molar-refractivity contribution < 1.29 is 22.7 Å². The Morgan fingerprint density at radius 3 is 2.19 bits per heavy atom. The molecule has 168 valence electrons. The predicted molar refractivity (Wildman–Crippen MR) is 126 cm³/mol. The molecule has 0 aliphatic rings. The molecular weight excluding hydrogens is 452 g/mol. The van der Waals surface area contributed by atoms with Crippen molar-refractivity contribution >= 4 is 38.9 Å². The van der Waals surface area contributed by atoms with Gasteiger partial charge in [-0.05, 0) is 61.5 Å². The van der Waals surface area contributed by atoms with Crippen molar-refractivity contribution in [2.75, 3.05) is 23.0 Å². The molecule has 0 unspecified atom stereocenters. The number of hydrogen-bond acceptors (Lipinski definition) is 5. The van der Waals surface area contributed by atoms with Gasteiger partial charge in [-0.25, -0.2) is 8.42 Å². The van der Waals surface area contributed by atoms with Gasteiger partial charge in [-0.3, -0.25) is 9.10 Å². The van der Waals surface area contributed by atoms with Gasteiger partial charge in [0.25, 0.3) is 0 Å². The van der Waals surface area contributed by atoms with Gasteiger partial charge in [-0.1, -0.05) is 29.8 Å². The summed E-state index contributed by atoms with van der Waals surface area (Å²) in [4.78, 5) is 12.8. The zero-order valence-electron chi connectivity index (χ0n) is 17.8. The summed E-state index contributed by atoms with van der Waals surface area (Å²) in [5.74, 6) is 1.15. The Balaban J connectivity index is 1.79. The number of ether oxygens (including phenoxy) is 2. The van der Waals surface area contributed by atoms with E-state index in [1.54, 1.807) is 36.4 Å². The van der Waals surface area contributed by atoms with Crippen molar-refractivity contribution in [2.24, 2.45) is 0 Å². The number of halogens is 1. The average molecular weight is 475 g/mol. The summed E-state index contributed by atoms with van der Waals surface area (Å²) in [6.07, 6.45) is 1.05. The molecule has 3 rings (SSSR count). The maximum Gasteiger partial charge on any atom is 0.247 e. The Morgan fingerprint density at radius 1 is 1.00 bits per heavy atom. The van der Waals surface area contributed by atoms with Crippen LogP contribution in [0.15, 0.2) is 72.8 Å². The first-order valence-electron chi connectivity index (χ1n) is 9.66. The Hall–Kier alpha value is -3.23. The number of benzene rings is 3. The van der Waals surface area contributed by atoms with Gasteiger partial charge in [0.15, 0.2) is 0 Å². The smallest absolute Gasteiger partial charge is 0.247 e. The maximum absolute atomic E-state index is 12.8. The van der Waals surface area contributed by atoms with E-state index >= 15 is 0 Å². The number of para-hydroxylation sites is 1. The zero-order chi connectivity index (χ0) is 23.3. The molecule has 3 aromatic carbocycles. The molecule has 0 heterocycles. The van der Waals surface area contributed by atoms with Crippen LogP contribution in [0.5, 0.6) is 17.2 Å². The third-order valence-electron chi connectivity index (χ3n) is 4.58. The molecule has 3 aromatic rings. The molecule has 0 bridgehead atoms. The number of hydrogen-bond donors (Lipinski definition) is 1. The van der Waals surface area contributed by atoms with Crippen LogP contribution in [0.2, 0.25) is 5.02 Å². The molecule has 0 spiro atoms. The van der Waals surface area contributed by atoms with Gasteiger partial charge in [0, 0.05) is 5.69 Å². The first-order chi connectivity index (χ1) is 15.2. The van der Waals surface area contributed by atoms with E-state index in [-0.39, 0.29) is 0 Å². The van der Waals surface area contributed by atoms with Gasteiger partial charge in [-0.15, -0.1) is 0 Å². The molecule has 1 amide bonds. The summed E-state index contributed by atoms with van der Waals surface area (Å²) in [7, 11) is -2.27. The standard InChI is InChI=1S/C23H23ClN2O5S/c1-16(23(27)25-17-9-14-22(30-2)21(24)15-17)26(32(3,28)29)18-10-12-20(13-11-18)31-19-7-5-4-6-8-19/h4-16H,1-3H3,(H,25,27)/t16-/m0/s1. The van der Waals surface area contributed by atoms with Crippen LogP contribution in [0.4, 0.5) is 11.4 Å². The Kier molecular flexibility index (Phi) is 7.27. The molecule has 0 radical (unpaired) electrons. The van der Waals surface area contributed by atoms with Crippen molar-refractivity contribution in [3.8, 4) is 17.2 Å². The summed E-state index contributed by atoms with van der Waals surface area (Å²) >= 11 is 6.10. The molecule has 0 aromatic heterocycles. The van der Waals surface area contributed by atoms with Crippen LogP contribution in [0, 0.1) is 0 Å². The lowest BCUT2D eigenvalue weighted by Gasteiger charge is -2.28. The van der Waals surface area contributed by atoms with Crippen molar-refractivity contribution in [3.63, 3.8) is 0 Å². The molecule has 7 nitrogen and oxygen atoms in total. The Morgan fingerprint density at radius 2 is 1.62 bits per heavy atom. The Labute approximate surface area is 192 Å². The fourth-order valence-corrected chi connectivity index (χ4v) is 4.52. The lowest BCUT2D eigenvalue weighted by molar-refractivity contribution is -0.116. The molecule has 1 atom stereocenters. The summed E-state index contributed by atoms with van der Waals surface area (Å²) in [5, 5.41) is 3.02. The average Bonchev–Trinajstić information content (AvgIpc) is 2.75. The third-order valence-corrected chi connectivity index (χ3v) is 6.11. The quantitative estimate of drug-likeness (QED) is 0.500. The van der Waals surface area contributed by atoms with Crippen LogP contribution in [0.25, 0.3) is 0 Å². The zero-order valence-corrected chi connectivity index (χ0v) is 19.4. The van der Waals surface area contributed by atoms with E-state index in [0.29, 0.717) is 33.6 Å². The molecule has 0 saturated carbocycles. The van der Waals surface area contributed by atoms with E-state index in [4.69, 9.17) is 21.1 Å². The molecule has 0 aliphatic heterocycles. The molecule has 32 heavy (non-hydrogen) atoms. The lowest BCUT2D eigenvalue weighted by atomic mass is 10.2. The highest BCUT2D eigenvalue weighted by Crippen LogP contribution is 2.29. The summed E-state index contributed by atoms with van der Waals surface area (Å²) in [6, 6.07) is 19.4. The van der Waals surface area contributed by atoms with Gasteiger partial charge in [0.2, 0.25) is 15.9 Å². The fourth-order valence-electron chi connectivity index (χ4n) is 3.09. The maximum atomic E-state index is 12.8. The molecule has 9 heteroatoms. The van der Waals surface area contributed by atoms with E-state index < -0.39 is 22.0 Å². The lowest BCUT2D eigenvalue weighted by Crippen LogP contribution is -2.45. The first-order valence-corrected chi connectivity index (χ1v) is 11.9. The number of nitrogens with zero attached hydrogens (tertiary/aromatic N) is 1. The number of nitrogens with one attached hydrogen (secondary N) is 1. The highest BCUT2D eigenvalue weighted by molar-refractivity contribution is 7.92. The highest BCUT2D eigenvalue weighted by atomic mass is 35.5. The van der Waals surface area contributed by atoms with Crippen LogP contribution in [-0.4, -0.2) is 33.7 Å². The molecule has 0 fully saturated rings.